The second kappa shape index (κ2) is 3.59. The van der Waals surface area contributed by atoms with Crippen LogP contribution in [0.5, 0.6) is 0 Å². The molecule has 0 bridgehead atoms. The fraction of sp³-hybridized carbons (Fsp3) is 0.400. The third-order valence-corrected chi connectivity index (χ3v) is 4.00. The van der Waals surface area contributed by atoms with Crippen molar-refractivity contribution in [2.24, 2.45) is 5.14 Å². The van der Waals surface area contributed by atoms with Crippen molar-refractivity contribution in [3.8, 4) is 0 Å². The van der Waals surface area contributed by atoms with Gasteiger partial charge in [0.2, 0.25) is 0 Å². The Morgan fingerprint density at radius 3 is 2.73 bits per heavy atom. The van der Waals surface area contributed by atoms with Crippen LogP contribution in [0.15, 0.2) is 24.3 Å². The molecule has 0 amide bonds. The first kappa shape index (κ1) is 10.6. The van der Waals surface area contributed by atoms with Crippen LogP contribution in [0.3, 0.4) is 0 Å². The molecule has 82 valence electrons. The van der Waals surface area contributed by atoms with Crippen LogP contribution >= 0.6 is 0 Å². The Morgan fingerprint density at radius 1 is 1.40 bits per heavy atom. The number of nitrogens with two attached hydrogens (primary N) is 1. The third-order valence-electron chi connectivity index (χ3n) is 2.94. The molecule has 1 aliphatic rings. The highest BCUT2D eigenvalue weighted by molar-refractivity contribution is 7.86. The summed E-state index contributed by atoms with van der Waals surface area (Å²) < 4.78 is 23.7. The summed E-state index contributed by atoms with van der Waals surface area (Å²) >= 11 is 0. The first-order valence-corrected chi connectivity index (χ1v) is 6.34. The number of nitrogens with zero attached hydrogens (tertiary/aromatic N) is 1. The van der Waals surface area contributed by atoms with E-state index < -0.39 is 10.2 Å². The zero-order valence-electron chi connectivity index (χ0n) is 8.55. The van der Waals surface area contributed by atoms with E-state index in [0.717, 1.165) is 18.4 Å². The molecule has 0 aliphatic heterocycles. The van der Waals surface area contributed by atoms with Gasteiger partial charge in [-0.2, -0.15) is 12.7 Å². The molecule has 0 spiro atoms. The lowest BCUT2D eigenvalue weighted by atomic mass is 10.1. The second-order valence-corrected chi connectivity index (χ2v) is 5.42. The standard InChI is InChI=1S/C10H14N2O2S/c1-12(15(11,13)14)10-7-6-8-4-2-3-5-9(8)10/h2-5,10H,6-7H2,1H3,(H2,11,13,14). The molecule has 4 nitrogen and oxygen atoms in total. The molecular formula is C10H14N2O2S. The Hall–Kier alpha value is -0.910. The first-order valence-electron chi connectivity index (χ1n) is 4.83. The molecule has 15 heavy (non-hydrogen) atoms. The summed E-state index contributed by atoms with van der Waals surface area (Å²) in [6.07, 6.45) is 1.73. The molecule has 2 N–H and O–H groups in total. The number of fused-ring (bicyclic) bond motifs is 1. The minimum atomic E-state index is -3.60. The van der Waals surface area contributed by atoms with Crippen molar-refractivity contribution < 1.29 is 8.42 Å². The predicted molar refractivity (Wildman–Crippen MR) is 58.4 cm³/mol. The number of hydrogen-bond donors (Lipinski definition) is 1. The topological polar surface area (TPSA) is 63.4 Å². The van der Waals surface area contributed by atoms with Gasteiger partial charge in [0.15, 0.2) is 0 Å². The van der Waals surface area contributed by atoms with E-state index in [2.05, 4.69) is 0 Å². The van der Waals surface area contributed by atoms with E-state index in [4.69, 9.17) is 5.14 Å². The SMILES string of the molecule is CN(C1CCc2ccccc21)S(N)(=O)=O. The zero-order valence-corrected chi connectivity index (χ0v) is 9.37. The van der Waals surface area contributed by atoms with Crippen LogP contribution in [0.1, 0.15) is 23.6 Å². The molecule has 1 atom stereocenters. The maximum Gasteiger partial charge on any atom is 0.277 e. The van der Waals surface area contributed by atoms with E-state index in [0.29, 0.717) is 0 Å². The van der Waals surface area contributed by atoms with Gasteiger partial charge in [-0.15, -0.1) is 0 Å². The average molecular weight is 226 g/mol. The highest BCUT2D eigenvalue weighted by Gasteiger charge is 2.30. The minimum absolute atomic E-state index is 0.101. The highest BCUT2D eigenvalue weighted by atomic mass is 32.2. The van der Waals surface area contributed by atoms with Gasteiger partial charge in [-0.05, 0) is 24.0 Å². The van der Waals surface area contributed by atoms with Crippen LogP contribution in [0.2, 0.25) is 0 Å². The van der Waals surface area contributed by atoms with Crippen LogP contribution in [0.4, 0.5) is 0 Å². The van der Waals surface area contributed by atoms with Crippen molar-refractivity contribution in [1.29, 1.82) is 0 Å². The lowest BCUT2D eigenvalue weighted by Crippen LogP contribution is -2.35. The molecule has 0 saturated carbocycles. The fourth-order valence-electron chi connectivity index (χ4n) is 2.09. The van der Waals surface area contributed by atoms with Gasteiger partial charge in [-0.3, -0.25) is 0 Å². The van der Waals surface area contributed by atoms with Crippen molar-refractivity contribution in [2.75, 3.05) is 7.05 Å². The summed E-state index contributed by atoms with van der Waals surface area (Å²) in [4.78, 5) is 0. The van der Waals surface area contributed by atoms with E-state index in [1.165, 1.54) is 16.9 Å². The molecule has 5 heteroatoms. The largest absolute Gasteiger partial charge is 0.277 e. The maximum absolute atomic E-state index is 11.2. The van der Waals surface area contributed by atoms with Gasteiger partial charge >= 0.3 is 0 Å². The molecule has 0 radical (unpaired) electrons. The Bertz CT molecular complexity index is 470. The Kier molecular flexibility index (Phi) is 2.54. The monoisotopic (exact) mass is 226 g/mol. The molecule has 0 saturated heterocycles. The molecular weight excluding hydrogens is 212 g/mol. The van der Waals surface area contributed by atoms with Gasteiger partial charge in [-0.25, -0.2) is 5.14 Å². The van der Waals surface area contributed by atoms with Crippen LogP contribution in [0.25, 0.3) is 0 Å². The van der Waals surface area contributed by atoms with E-state index >= 15 is 0 Å². The predicted octanol–water partition coefficient (Wildman–Crippen LogP) is 0.809. The number of rotatable bonds is 2. The summed E-state index contributed by atoms with van der Waals surface area (Å²) in [5, 5.41) is 5.11. The van der Waals surface area contributed by atoms with Gasteiger partial charge in [0.05, 0.1) is 6.04 Å². The van der Waals surface area contributed by atoms with Gasteiger partial charge in [-0.1, -0.05) is 24.3 Å². The van der Waals surface area contributed by atoms with E-state index in [-0.39, 0.29) is 6.04 Å². The van der Waals surface area contributed by atoms with E-state index in [9.17, 15) is 8.42 Å². The second-order valence-electron chi connectivity index (χ2n) is 3.81. The van der Waals surface area contributed by atoms with E-state index in [1.807, 2.05) is 24.3 Å². The zero-order chi connectivity index (χ0) is 11.1. The van der Waals surface area contributed by atoms with Gasteiger partial charge in [0.25, 0.3) is 10.2 Å². The van der Waals surface area contributed by atoms with Gasteiger partial charge < -0.3 is 0 Å². The number of benzene rings is 1. The molecule has 1 aromatic rings. The maximum atomic E-state index is 11.2. The quantitative estimate of drug-likeness (QED) is 0.811. The Morgan fingerprint density at radius 2 is 2.07 bits per heavy atom. The van der Waals surface area contributed by atoms with Crippen molar-refractivity contribution >= 4 is 10.2 Å². The van der Waals surface area contributed by atoms with Crippen molar-refractivity contribution in [3.05, 3.63) is 35.4 Å². The van der Waals surface area contributed by atoms with E-state index in [1.54, 1.807) is 0 Å². The van der Waals surface area contributed by atoms with Crippen molar-refractivity contribution in [3.63, 3.8) is 0 Å². The lowest BCUT2D eigenvalue weighted by Gasteiger charge is -2.22. The lowest BCUT2D eigenvalue weighted by molar-refractivity contribution is 0.375. The highest BCUT2D eigenvalue weighted by Crippen LogP contribution is 2.35. The van der Waals surface area contributed by atoms with Crippen LogP contribution in [-0.2, 0) is 16.6 Å². The molecule has 0 heterocycles. The minimum Gasteiger partial charge on any atom is -0.216 e. The molecule has 0 aromatic heterocycles. The molecule has 2 rings (SSSR count). The van der Waals surface area contributed by atoms with Crippen LogP contribution < -0.4 is 5.14 Å². The normalized spacial score (nSPS) is 20.6. The summed E-state index contributed by atoms with van der Waals surface area (Å²) in [6, 6.07) is 7.80. The Labute approximate surface area is 89.9 Å². The van der Waals surface area contributed by atoms with Crippen molar-refractivity contribution in [1.82, 2.24) is 4.31 Å². The van der Waals surface area contributed by atoms with Crippen LogP contribution in [0, 0.1) is 0 Å². The smallest absolute Gasteiger partial charge is 0.216 e. The third kappa shape index (κ3) is 1.90. The van der Waals surface area contributed by atoms with Crippen LogP contribution in [-0.4, -0.2) is 19.8 Å². The summed E-state index contributed by atoms with van der Waals surface area (Å²) in [6.45, 7) is 0. The Balaban J connectivity index is 2.36. The average Bonchev–Trinajstić information content (AvgIpc) is 2.58. The number of aryl methyl sites for hydroxylation is 1. The molecule has 0 fully saturated rings. The summed E-state index contributed by atoms with van der Waals surface area (Å²) in [5.74, 6) is 0. The summed E-state index contributed by atoms with van der Waals surface area (Å²) in [7, 11) is -2.07. The van der Waals surface area contributed by atoms with Gasteiger partial charge in [0, 0.05) is 7.05 Å². The van der Waals surface area contributed by atoms with Gasteiger partial charge in [0.1, 0.15) is 0 Å². The molecule has 1 unspecified atom stereocenters. The molecule has 1 aliphatic carbocycles. The van der Waals surface area contributed by atoms with Crippen molar-refractivity contribution in [2.45, 2.75) is 18.9 Å². The molecule has 1 aromatic carbocycles. The summed E-state index contributed by atoms with van der Waals surface area (Å²) in [5.41, 5.74) is 2.30. The number of hydrogen-bond acceptors (Lipinski definition) is 2. The fourth-order valence-corrected chi connectivity index (χ4v) is 2.66. The first-order chi connectivity index (χ1) is 7.00.